The Morgan fingerprint density at radius 2 is 1.85 bits per heavy atom. The van der Waals surface area contributed by atoms with Crippen LogP contribution >= 0.6 is 11.8 Å². The number of aliphatic imine (C=N–C) groups is 1. The molecule has 0 aliphatic carbocycles. The number of nitrogens with one attached hydrogen (secondary N) is 2. The lowest BCUT2D eigenvalue weighted by atomic mass is 10.1. The van der Waals surface area contributed by atoms with Gasteiger partial charge in [-0.3, -0.25) is 4.99 Å². The highest BCUT2D eigenvalue weighted by atomic mass is 32.2. The highest BCUT2D eigenvalue weighted by Crippen LogP contribution is 2.19. The Labute approximate surface area is 127 Å². The van der Waals surface area contributed by atoms with Gasteiger partial charge in [-0.05, 0) is 39.0 Å². The third kappa shape index (κ3) is 6.33. The Morgan fingerprint density at radius 3 is 2.40 bits per heavy atom. The van der Waals surface area contributed by atoms with Crippen molar-refractivity contribution in [2.75, 3.05) is 26.4 Å². The van der Waals surface area contributed by atoms with Crippen LogP contribution in [0.2, 0.25) is 0 Å². The first-order valence-corrected chi connectivity index (χ1v) is 8.24. The van der Waals surface area contributed by atoms with Gasteiger partial charge in [0.25, 0.3) is 0 Å². The Morgan fingerprint density at radius 1 is 1.20 bits per heavy atom. The van der Waals surface area contributed by atoms with Crippen molar-refractivity contribution >= 4 is 17.7 Å². The Bertz CT molecular complexity index is 424. The number of benzene rings is 1. The maximum atomic E-state index is 4.26. The summed E-state index contributed by atoms with van der Waals surface area (Å²) in [6.07, 6.45) is 3.14. The summed E-state index contributed by atoms with van der Waals surface area (Å²) < 4.78 is 0.217. The zero-order valence-corrected chi connectivity index (χ0v) is 14.1. The van der Waals surface area contributed by atoms with Crippen LogP contribution in [0.3, 0.4) is 0 Å². The monoisotopic (exact) mass is 293 g/mol. The number of thioether (sulfide) groups is 1. The summed E-state index contributed by atoms with van der Waals surface area (Å²) in [5.41, 5.74) is 2.65. The fourth-order valence-electron chi connectivity index (χ4n) is 1.67. The van der Waals surface area contributed by atoms with Crippen LogP contribution in [0.1, 0.15) is 25.0 Å². The fraction of sp³-hybridized carbons (Fsp3) is 0.562. The van der Waals surface area contributed by atoms with Gasteiger partial charge >= 0.3 is 0 Å². The maximum absolute atomic E-state index is 4.26. The topological polar surface area (TPSA) is 36.4 Å². The molecule has 0 fully saturated rings. The summed E-state index contributed by atoms with van der Waals surface area (Å²) in [5.74, 6) is 0.874. The van der Waals surface area contributed by atoms with Crippen LogP contribution in [-0.2, 0) is 6.42 Å². The molecule has 0 spiro atoms. The number of rotatable bonds is 6. The van der Waals surface area contributed by atoms with Crippen molar-refractivity contribution in [3.8, 4) is 0 Å². The van der Waals surface area contributed by atoms with Crippen molar-refractivity contribution in [2.45, 2.75) is 31.9 Å². The molecule has 0 unspecified atom stereocenters. The second-order valence-corrected chi connectivity index (χ2v) is 7.07. The van der Waals surface area contributed by atoms with Crippen LogP contribution < -0.4 is 10.6 Å². The van der Waals surface area contributed by atoms with Crippen molar-refractivity contribution in [3.05, 3.63) is 35.4 Å². The fourth-order valence-corrected chi connectivity index (χ4v) is 1.89. The molecule has 0 heterocycles. The van der Waals surface area contributed by atoms with Gasteiger partial charge in [-0.15, -0.1) is 0 Å². The summed E-state index contributed by atoms with van der Waals surface area (Å²) >= 11 is 1.86. The smallest absolute Gasteiger partial charge is 0.191 e. The molecule has 1 rings (SSSR count). The molecule has 0 bridgehead atoms. The predicted molar refractivity (Wildman–Crippen MR) is 91.8 cm³/mol. The lowest BCUT2D eigenvalue weighted by Gasteiger charge is -2.23. The van der Waals surface area contributed by atoms with E-state index in [0.29, 0.717) is 0 Å². The van der Waals surface area contributed by atoms with Crippen LogP contribution in [0.15, 0.2) is 29.3 Å². The molecule has 0 saturated heterocycles. The molecule has 0 aromatic heterocycles. The largest absolute Gasteiger partial charge is 0.356 e. The molecule has 0 atom stereocenters. The first-order valence-electron chi connectivity index (χ1n) is 7.02. The van der Waals surface area contributed by atoms with Gasteiger partial charge in [-0.1, -0.05) is 29.8 Å². The minimum absolute atomic E-state index is 0.217. The standard InChI is InChI=1S/C16H27N3S/c1-13-6-8-14(9-7-13)10-11-18-15(17-4)19-12-16(2,3)20-5/h6-9H,10-12H2,1-5H3,(H2,17,18,19). The number of hydrogen-bond acceptors (Lipinski definition) is 2. The van der Waals surface area contributed by atoms with Crippen molar-refractivity contribution in [2.24, 2.45) is 4.99 Å². The molecule has 0 saturated carbocycles. The molecular weight excluding hydrogens is 266 g/mol. The summed E-state index contributed by atoms with van der Waals surface area (Å²) in [4.78, 5) is 4.26. The minimum Gasteiger partial charge on any atom is -0.356 e. The predicted octanol–water partition coefficient (Wildman–Crippen LogP) is 2.84. The van der Waals surface area contributed by atoms with Gasteiger partial charge in [-0.2, -0.15) is 11.8 Å². The van der Waals surface area contributed by atoms with E-state index in [4.69, 9.17) is 0 Å². The van der Waals surface area contributed by atoms with E-state index < -0.39 is 0 Å². The highest BCUT2D eigenvalue weighted by Gasteiger charge is 2.15. The van der Waals surface area contributed by atoms with Crippen molar-refractivity contribution in [3.63, 3.8) is 0 Å². The molecule has 112 valence electrons. The van der Waals surface area contributed by atoms with Gasteiger partial charge < -0.3 is 10.6 Å². The average Bonchev–Trinajstić information content (AvgIpc) is 2.44. The molecule has 20 heavy (non-hydrogen) atoms. The van der Waals surface area contributed by atoms with E-state index >= 15 is 0 Å². The van der Waals surface area contributed by atoms with E-state index in [1.165, 1.54) is 11.1 Å². The molecule has 0 aliphatic heterocycles. The number of nitrogens with zero attached hydrogens (tertiary/aromatic N) is 1. The first kappa shape index (κ1) is 16.9. The normalized spacial score (nSPS) is 12.3. The lowest BCUT2D eigenvalue weighted by molar-refractivity contribution is 0.664. The van der Waals surface area contributed by atoms with Gasteiger partial charge in [-0.25, -0.2) is 0 Å². The van der Waals surface area contributed by atoms with E-state index in [-0.39, 0.29) is 4.75 Å². The summed E-state index contributed by atoms with van der Waals surface area (Å²) in [6.45, 7) is 8.36. The molecule has 0 radical (unpaired) electrons. The molecule has 0 amide bonds. The quantitative estimate of drug-likeness (QED) is 0.625. The van der Waals surface area contributed by atoms with Crippen LogP contribution in [0.25, 0.3) is 0 Å². The third-order valence-corrected chi connectivity index (χ3v) is 4.53. The second kappa shape index (κ2) is 8.20. The molecule has 3 nitrogen and oxygen atoms in total. The van der Waals surface area contributed by atoms with Gasteiger partial charge in [0.15, 0.2) is 5.96 Å². The Balaban J connectivity index is 2.33. The van der Waals surface area contributed by atoms with Gasteiger partial charge in [0, 0.05) is 24.9 Å². The Kier molecular flexibility index (Phi) is 6.93. The van der Waals surface area contributed by atoms with E-state index in [1.54, 1.807) is 0 Å². The van der Waals surface area contributed by atoms with Crippen LogP contribution in [-0.4, -0.2) is 37.1 Å². The average molecular weight is 293 g/mol. The lowest BCUT2D eigenvalue weighted by Crippen LogP contribution is -2.43. The van der Waals surface area contributed by atoms with Gasteiger partial charge in [0.2, 0.25) is 0 Å². The second-order valence-electron chi connectivity index (χ2n) is 5.55. The molecule has 0 aliphatic rings. The van der Waals surface area contributed by atoms with Crippen molar-refractivity contribution in [1.29, 1.82) is 0 Å². The van der Waals surface area contributed by atoms with Crippen molar-refractivity contribution in [1.82, 2.24) is 10.6 Å². The molecule has 2 N–H and O–H groups in total. The summed E-state index contributed by atoms with van der Waals surface area (Å²) in [5, 5.41) is 6.73. The van der Waals surface area contributed by atoms with Crippen LogP contribution in [0.4, 0.5) is 0 Å². The zero-order valence-electron chi connectivity index (χ0n) is 13.3. The molecule has 4 heteroatoms. The van der Waals surface area contributed by atoms with Gasteiger partial charge in [0.1, 0.15) is 0 Å². The first-order chi connectivity index (χ1) is 9.46. The highest BCUT2D eigenvalue weighted by molar-refractivity contribution is 7.99. The number of aryl methyl sites for hydroxylation is 1. The summed E-state index contributed by atoms with van der Waals surface area (Å²) in [7, 11) is 1.81. The van der Waals surface area contributed by atoms with E-state index in [2.05, 4.69) is 66.9 Å². The SMILES string of the molecule is CN=C(NCCc1ccc(C)cc1)NCC(C)(C)SC. The van der Waals surface area contributed by atoms with Crippen molar-refractivity contribution < 1.29 is 0 Å². The Hall–Kier alpha value is -1.16. The summed E-state index contributed by atoms with van der Waals surface area (Å²) in [6, 6.07) is 8.68. The van der Waals surface area contributed by atoms with Crippen LogP contribution in [0.5, 0.6) is 0 Å². The van der Waals surface area contributed by atoms with Gasteiger partial charge in [0.05, 0.1) is 0 Å². The third-order valence-electron chi connectivity index (χ3n) is 3.28. The zero-order chi connectivity index (χ0) is 15.0. The number of guanidine groups is 1. The van der Waals surface area contributed by atoms with Crippen LogP contribution in [0, 0.1) is 6.92 Å². The van der Waals surface area contributed by atoms with E-state index in [1.807, 2.05) is 18.8 Å². The minimum atomic E-state index is 0.217. The molecule has 1 aromatic carbocycles. The molecular formula is C16H27N3S. The molecule has 1 aromatic rings. The number of hydrogen-bond donors (Lipinski definition) is 2. The van der Waals surface area contributed by atoms with E-state index in [0.717, 1.165) is 25.5 Å². The van der Waals surface area contributed by atoms with E-state index in [9.17, 15) is 0 Å². The maximum Gasteiger partial charge on any atom is 0.191 e.